The van der Waals surface area contributed by atoms with Crippen molar-refractivity contribution in [3.05, 3.63) is 98.6 Å². The topological polar surface area (TPSA) is 113 Å². The molecule has 11 heteroatoms. The van der Waals surface area contributed by atoms with E-state index in [4.69, 9.17) is 11.6 Å². The first-order valence-electron chi connectivity index (χ1n) is 11.3. The zero-order valence-corrected chi connectivity index (χ0v) is 21.1. The Morgan fingerprint density at radius 3 is 2.25 bits per heavy atom. The van der Waals surface area contributed by atoms with Gasteiger partial charge in [0.15, 0.2) is 0 Å². The van der Waals surface area contributed by atoms with Crippen LogP contribution in [0.4, 0.5) is 11.4 Å². The van der Waals surface area contributed by atoms with Crippen molar-refractivity contribution in [2.75, 3.05) is 31.5 Å². The summed E-state index contributed by atoms with van der Waals surface area (Å²) in [4.78, 5) is 25.5. The number of aryl methyl sites for hydroxylation is 1. The number of benzene rings is 3. The lowest BCUT2D eigenvalue weighted by atomic mass is 10.1. The van der Waals surface area contributed by atoms with Crippen LogP contribution in [0.15, 0.2) is 71.6 Å². The van der Waals surface area contributed by atoms with Crippen LogP contribution in [0.3, 0.4) is 0 Å². The standard InChI is InChI=1S/C25H25ClN4O5S/c1-18-2-9-22(10-3-18)36(34,35)29-14-12-28(13-15-29)17-19-4-6-20(7-5-19)25(31)27-24-16-21(30(32)33)8-11-23(24)26/h2-11,16H,12-15,17H2,1H3,(H,27,31). The fourth-order valence-corrected chi connectivity index (χ4v) is 5.51. The molecular weight excluding hydrogens is 504 g/mol. The van der Waals surface area contributed by atoms with Crippen LogP contribution in [0.1, 0.15) is 21.5 Å². The summed E-state index contributed by atoms with van der Waals surface area (Å²) in [7, 11) is -3.51. The van der Waals surface area contributed by atoms with E-state index in [1.807, 2.05) is 19.1 Å². The fourth-order valence-electron chi connectivity index (χ4n) is 3.92. The number of carbonyl (C=O) groups excluding carboxylic acids is 1. The second-order valence-electron chi connectivity index (χ2n) is 8.57. The van der Waals surface area contributed by atoms with Gasteiger partial charge in [0.2, 0.25) is 10.0 Å². The Labute approximate surface area is 214 Å². The van der Waals surface area contributed by atoms with Gasteiger partial charge in [-0.2, -0.15) is 4.31 Å². The summed E-state index contributed by atoms with van der Waals surface area (Å²) in [5.74, 6) is -0.432. The third kappa shape index (κ3) is 5.90. The molecule has 1 heterocycles. The highest BCUT2D eigenvalue weighted by molar-refractivity contribution is 7.89. The van der Waals surface area contributed by atoms with Gasteiger partial charge >= 0.3 is 0 Å². The molecule has 188 valence electrons. The fraction of sp³-hybridized carbons (Fsp3) is 0.240. The molecule has 1 aliphatic rings. The average Bonchev–Trinajstić information content (AvgIpc) is 2.86. The van der Waals surface area contributed by atoms with Crippen LogP contribution in [0.25, 0.3) is 0 Å². The molecule has 0 bridgehead atoms. The van der Waals surface area contributed by atoms with Crippen molar-refractivity contribution in [1.29, 1.82) is 0 Å². The van der Waals surface area contributed by atoms with Crippen molar-refractivity contribution in [2.45, 2.75) is 18.4 Å². The highest BCUT2D eigenvalue weighted by atomic mass is 35.5. The molecule has 0 atom stereocenters. The number of nitro benzene ring substituents is 1. The third-order valence-electron chi connectivity index (χ3n) is 6.02. The summed E-state index contributed by atoms with van der Waals surface area (Å²) in [6.45, 7) is 4.54. The summed E-state index contributed by atoms with van der Waals surface area (Å²) in [5, 5.41) is 13.8. The number of carbonyl (C=O) groups is 1. The highest BCUT2D eigenvalue weighted by Crippen LogP contribution is 2.27. The SMILES string of the molecule is Cc1ccc(S(=O)(=O)N2CCN(Cc3ccc(C(=O)Nc4cc([N+](=O)[O-])ccc4Cl)cc3)CC2)cc1. The molecule has 1 aliphatic heterocycles. The van der Waals surface area contributed by atoms with E-state index in [0.717, 1.165) is 11.1 Å². The number of non-ortho nitro benzene ring substituents is 1. The Hall–Kier alpha value is -3.31. The Morgan fingerprint density at radius 1 is 1.00 bits per heavy atom. The van der Waals surface area contributed by atoms with Crippen LogP contribution in [0.2, 0.25) is 5.02 Å². The number of piperazine rings is 1. The molecule has 1 fully saturated rings. The first-order valence-corrected chi connectivity index (χ1v) is 13.1. The number of nitrogens with zero attached hydrogens (tertiary/aromatic N) is 3. The lowest BCUT2D eigenvalue weighted by Crippen LogP contribution is -2.48. The van der Waals surface area contributed by atoms with Crippen LogP contribution in [-0.2, 0) is 16.6 Å². The number of hydrogen-bond donors (Lipinski definition) is 1. The van der Waals surface area contributed by atoms with E-state index in [2.05, 4.69) is 10.2 Å². The molecule has 1 saturated heterocycles. The molecule has 3 aromatic carbocycles. The molecule has 0 spiro atoms. The molecular formula is C25H25ClN4O5S. The van der Waals surface area contributed by atoms with Crippen LogP contribution in [0, 0.1) is 17.0 Å². The molecule has 1 N–H and O–H groups in total. The number of sulfonamides is 1. The number of rotatable bonds is 7. The maximum absolute atomic E-state index is 12.9. The second kappa shape index (κ2) is 10.8. The summed E-state index contributed by atoms with van der Waals surface area (Å²) >= 11 is 6.06. The van der Waals surface area contributed by atoms with E-state index in [1.54, 1.807) is 36.4 Å². The van der Waals surface area contributed by atoms with Crippen molar-refractivity contribution in [1.82, 2.24) is 9.21 Å². The van der Waals surface area contributed by atoms with Gasteiger partial charge < -0.3 is 5.32 Å². The first-order chi connectivity index (χ1) is 17.1. The quantitative estimate of drug-likeness (QED) is 0.361. The maximum Gasteiger partial charge on any atom is 0.271 e. The van der Waals surface area contributed by atoms with E-state index in [9.17, 15) is 23.3 Å². The van der Waals surface area contributed by atoms with Crippen LogP contribution in [0.5, 0.6) is 0 Å². The van der Waals surface area contributed by atoms with E-state index >= 15 is 0 Å². The van der Waals surface area contributed by atoms with Gasteiger partial charge in [0, 0.05) is 50.4 Å². The summed E-state index contributed by atoms with van der Waals surface area (Å²) in [6, 6.07) is 17.7. The maximum atomic E-state index is 12.9. The number of nitrogens with one attached hydrogen (secondary N) is 1. The Morgan fingerprint density at radius 2 is 1.64 bits per heavy atom. The second-order valence-corrected chi connectivity index (χ2v) is 10.9. The highest BCUT2D eigenvalue weighted by Gasteiger charge is 2.28. The van der Waals surface area contributed by atoms with Gasteiger partial charge in [-0.3, -0.25) is 19.8 Å². The van der Waals surface area contributed by atoms with Gasteiger partial charge in [0.05, 0.1) is 20.5 Å². The predicted molar refractivity (Wildman–Crippen MR) is 138 cm³/mol. The summed E-state index contributed by atoms with van der Waals surface area (Å²) < 4.78 is 27.3. The number of halogens is 1. The van der Waals surface area contributed by atoms with E-state index in [-0.39, 0.29) is 16.4 Å². The summed E-state index contributed by atoms with van der Waals surface area (Å²) in [6.07, 6.45) is 0. The van der Waals surface area contributed by atoms with Crippen LogP contribution in [-0.4, -0.2) is 54.6 Å². The smallest absolute Gasteiger partial charge is 0.271 e. The van der Waals surface area contributed by atoms with Gasteiger partial charge in [-0.05, 0) is 42.8 Å². The van der Waals surface area contributed by atoms with Crippen molar-refractivity contribution in [3.63, 3.8) is 0 Å². The van der Waals surface area contributed by atoms with Crippen molar-refractivity contribution in [3.8, 4) is 0 Å². The molecule has 0 saturated carbocycles. The Balaban J connectivity index is 1.33. The minimum atomic E-state index is -3.51. The monoisotopic (exact) mass is 528 g/mol. The lowest BCUT2D eigenvalue weighted by molar-refractivity contribution is -0.384. The molecule has 0 aliphatic carbocycles. The van der Waals surface area contributed by atoms with E-state index in [0.29, 0.717) is 43.2 Å². The van der Waals surface area contributed by atoms with Gasteiger partial charge in [0.25, 0.3) is 11.6 Å². The average molecular weight is 529 g/mol. The normalized spacial score (nSPS) is 14.9. The molecule has 4 rings (SSSR count). The number of nitro groups is 1. The third-order valence-corrected chi connectivity index (χ3v) is 8.26. The molecule has 0 aromatic heterocycles. The zero-order chi connectivity index (χ0) is 25.9. The Bertz CT molecular complexity index is 1370. The molecule has 3 aromatic rings. The Kier molecular flexibility index (Phi) is 7.70. The van der Waals surface area contributed by atoms with Gasteiger partial charge in [-0.25, -0.2) is 8.42 Å². The minimum Gasteiger partial charge on any atom is -0.320 e. The van der Waals surface area contributed by atoms with E-state index in [1.165, 1.54) is 22.5 Å². The molecule has 1 amide bonds. The van der Waals surface area contributed by atoms with Crippen LogP contribution >= 0.6 is 11.6 Å². The van der Waals surface area contributed by atoms with Gasteiger partial charge in [-0.15, -0.1) is 0 Å². The lowest BCUT2D eigenvalue weighted by Gasteiger charge is -2.34. The largest absolute Gasteiger partial charge is 0.320 e. The number of hydrogen-bond acceptors (Lipinski definition) is 6. The van der Waals surface area contributed by atoms with Gasteiger partial charge in [0.1, 0.15) is 0 Å². The van der Waals surface area contributed by atoms with Gasteiger partial charge in [-0.1, -0.05) is 41.4 Å². The molecule has 0 radical (unpaired) electrons. The van der Waals surface area contributed by atoms with E-state index < -0.39 is 20.9 Å². The molecule has 36 heavy (non-hydrogen) atoms. The number of amides is 1. The van der Waals surface area contributed by atoms with Crippen LogP contribution < -0.4 is 5.32 Å². The predicted octanol–water partition coefficient (Wildman–Crippen LogP) is 4.32. The number of anilines is 1. The molecule has 9 nitrogen and oxygen atoms in total. The van der Waals surface area contributed by atoms with Crippen molar-refractivity contribution < 1.29 is 18.1 Å². The summed E-state index contributed by atoms with van der Waals surface area (Å²) in [5.41, 5.74) is 2.37. The zero-order valence-electron chi connectivity index (χ0n) is 19.6. The molecule has 0 unspecified atom stereocenters. The van der Waals surface area contributed by atoms with Crippen molar-refractivity contribution >= 4 is 38.9 Å². The minimum absolute atomic E-state index is 0.165. The van der Waals surface area contributed by atoms with Crippen molar-refractivity contribution in [2.24, 2.45) is 0 Å². The first kappa shape index (κ1) is 25.8.